The summed E-state index contributed by atoms with van der Waals surface area (Å²) in [6.07, 6.45) is 16.3. The molecule has 7 nitrogen and oxygen atoms in total. The number of halogens is 2. The third-order valence-electron chi connectivity index (χ3n) is 10.4. The minimum Gasteiger partial charge on any atom is -0.496 e. The molecule has 0 bridgehead atoms. The fourth-order valence-electron chi connectivity index (χ4n) is 6.16. The molecule has 5 rings (SSSR count). The van der Waals surface area contributed by atoms with Crippen LogP contribution in [-0.4, -0.2) is 53.3 Å². The van der Waals surface area contributed by atoms with Crippen LogP contribution in [0.2, 0.25) is 0 Å². The molecule has 0 amide bonds. The number of carbonyl (C=O) groups excluding carboxylic acids is 4. The SMILES string of the molecule is COc1cc(/C=C/C(=O)C2(C(=O)/C=C/c3ccc(C)c(C)c3)CCC2)ccc1C.COc1ccc(/C=C/C(=O)CC(=O)/C=C/c2ccc(C)c(C)c2)cc1OC.ICCCI. The summed E-state index contributed by atoms with van der Waals surface area (Å²) in [5.41, 5.74) is 8.51. The molecule has 9 heteroatoms. The first kappa shape index (κ1) is 50.7. The van der Waals surface area contributed by atoms with E-state index in [-0.39, 0.29) is 29.6 Å². The summed E-state index contributed by atoms with van der Waals surface area (Å²) >= 11 is 4.77. The van der Waals surface area contributed by atoms with Gasteiger partial charge in [-0.2, -0.15) is 0 Å². The van der Waals surface area contributed by atoms with Crippen LogP contribution in [0.4, 0.5) is 0 Å². The highest BCUT2D eigenvalue weighted by atomic mass is 127. The standard InChI is InChI=1S/C26H28O3.C23H24O4.C3H6I2/c1-18-6-8-21(16-20(18)3)10-12-24(27)26(14-5-15-26)25(28)13-11-22-9-7-19(2)23(17-22)29-4;1-16-5-6-18(13-17(16)2)7-10-20(24)15-21(25)11-8-19-9-12-22(26-3)23(14-19)27-4;4-2-1-3-5/h6-13,16-17H,5,14-15H2,1-4H3;5-14H,15H2,1-4H3;1-3H2/b12-10+,13-11+;10-7+,11-8+;. The first-order valence-corrected chi connectivity index (χ1v) is 23.2. The maximum Gasteiger partial charge on any atom is 0.169 e. The van der Waals surface area contributed by atoms with E-state index >= 15 is 0 Å². The van der Waals surface area contributed by atoms with E-state index in [1.54, 1.807) is 63.8 Å². The lowest BCUT2D eigenvalue weighted by Gasteiger charge is -2.37. The Hall–Kier alpha value is -4.62. The Labute approximate surface area is 390 Å². The molecule has 0 aliphatic heterocycles. The number of hydrogen-bond donors (Lipinski definition) is 0. The molecule has 1 aliphatic rings. The number of aryl methyl sites for hydroxylation is 5. The van der Waals surface area contributed by atoms with Crippen molar-refractivity contribution in [2.24, 2.45) is 5.41 Å². The van der Waals surface area contributed by atoms with Gasteiger partial charge in [0.2, 0.25) is 0 Å². The van der Waals surface area contributed by atoms with Gasteiger partial charge in [0.25, 0.3) is 0 Å². The molecule has 4 aromatic rings. The summed E-state index contributed by atoms with van der Waals surface area (Å²) in [6, 6.07) is 23.2. The molecule has 0 saturated heterocycles. The lowest BCUT2D eigenvalue weighted by atomic mass is 9.63. The fraction of sp³-hybridized carbons (Fsp3) is 0.308. The minimum absolute atomic E-state index is 0.0990. The van der Waals surface area contributed by atoms with Crippen LogP contribution in [0.3, 0.4) is 0 Å². The van der Waals surface area contributed by atoms with Gasteiger partial charge in [-0.3, -0.25) is 19.2 Å². The van der Waals surface area contributed by atoms with Crippen molar-refractivity contribution in [3.63, 3.8) is 0 Å². The van der Waals surface area contributed by atoms with Crippen molar-refractivity contribution in [3.05, 3.63) is 147 Å². The second-order valence-corrected chi connectivity index (χ2v) is 17.0. The monoisotopic (exact) mass is 1050 g/mol. The van der Waals surface area contributed by atoms with Gasteiger partial charge in [0.15, 0.2) is 34.6 Å². The summed E-state index contributed by atoms with van der Waals surface area (Å²) in [5, 5.41) is 0. The van der Waals surface area contributed by atoms with Crippen molar-refractivity contribution in [1.82, 2.24) is 0 Å². The minimum atomic E-state index is -0.901. The summed E-state index contributed by atoms with van der Waals surface area (Å²) in [6.45, 7) is 10.2. The molecule has 0 radical (unpaired) electrons. The number of benzene rings is 4. The van der Waals surface area contributed by atoms with Gasteiger partial charge in [0.05, 0.1) is 33.2 Å². The third kappa shape index (κ3) is 16.0. The van der Waals surface area contributed by atoms with Crippen LogP contribution < -0.4 is 14.2 Å². The zero-order chi connectivity index (χ0) is 45.0. The maximum absolute atomic E-state index is 12.9. The van der Waals surface area contributed by atoms with Crippen LogP contribution in [0, 0.1) is 40.0 Å². The maximum atomic E-state index is 12.9. The number of allylic oxidation sites excluding steroid dienone is 4. The van der Waals surface area contributed by atoms with Gasteiger partial charge in [-0.05, 0) is 146 Å². The van der Waals surface area contributed by atoms with Crippen LogP contribution in [-0.2, 0) is 19.2 Å². The first-order chi connectivity index (χ1) is 29.2. The van der Waals surface area contributed by atoms with Crippen molar-refractivity contribution < 1.29 is 33.4 Å². The highest BCUT2D eigenvalue weighted by Gasteiger charge is 2.47. The number of rotatable bonds is 17. The smallest absolute Gasteiger partial charge is 0.169 e. The Morgan fingerprint density at radius 2 is 0.902 bits per heavy atom. The molecule has 0 atom stereocenters. The Morgan fingerprint density at radius 1 is 0.508 bits per heavy atom. The average Bonchev–Trinajstić information content (AvgIpc) is 3.23. The molecule has 1 aliphatic carbocycles. The van der Waals surface area contributed by atoms with E-state index in [0.29, 0.717) is 24.3 Å². The third-order valence-corrected chi connectivity index (χ3v) is 12.0. The lowest BCUT2D eigenvalue weighted by Crippen LogP contribution is -2.43. The van der Waals surface area contributed by atoms with E-state index in [9.17, 15) is 19.2 Å². The quantitative estimate of drug-likeness (QED) is 0.0450. The summed E-state index contributed by atoms with van der Waals surface area (Å²) in [7, 11) is 4.75. The first-order valence-electron chi connectivity index (χ1n) is 20.2. The molecule has 0 unspecified atom stereocenters. The Balaban J connectivity index is 0.000000294. The molecular formula is C52H58I2O7. The van der Waals surface area contributed by atoms with Crippen LogP contribution >= 0.6 is 45.2 Å². The molecule has 0 aromatic heterocycles. The molecule has 61 heavy (non-hydrogen) atoms. The van der Waals surface area contributed by atoms with Crippen LogP contribution in [0.25, 0.3) is 24.3 Å². The number of hydrogen-bond acceptors (Lipinski definition) is 7. The Bertz CT molecular complexity index is 2260. The number of alkyl halides is 2. The summed E-state index contributed by atoms with van der Waals surface area (Å²) in [4.78, 5) is 49.8. The van der Waals surface area contributed by atoms with Gasteiger partial charge in [0.1, 0.15) is 5.75 Å². The molecular weight excluding hydrogens is 990 g/mol. The Morgan fingerprint density at radius 3 is 1.28 bits per heavy atom. The van der Waals surface area contributed by atoms with E-state index in [1.807, 2.05) is 81.4 Å². The molecule has 0 N–H and O–H groups in total. The molecule has 322 valence electrons. The normalized spacial score (nSPS) is 13.0. The van der Waals surface area contributed by atoms with Gasteiger partial charge < -0.3 is 14.2 Å². The predicted octanol–water partition coefficient (Wildman–Crippen LogP) is 12.5. The van der Waals surface area contributed by atoms with Gasteiger partial charge in [-0.15, -0.1) is 0 Å². The largest absolute Gasteiger partial charge is 0.496 e. The van der Waals surface area contributed by atoms with Crippen molar-refractivity contribution in [2.75, 3.05) is 30.2 Å². The number of carbonyl (C=O) groups is 4. The molecule has 0 heterocycles. The van der Waals surface area contributed by atoms with E-state index in [4.69, 9.17) is 14.2 Å². The van der Waals surface area contributed by atoms with Crippen molar-refractivity contribution in [1.29, 1.82) is 0 Å². The van der Waals surface area contributed by atoms with E-state index < -0.39 is 5.41 Å². The van der Waals surface area contributed by atoms with E-state index in [2.05, 4.69) is 65.1 Å². The highest BCUT2D eigenvalue weighted by molar-refractivity contribution is 14.1. The van der Waals surface area contributed by atoms with Gasteiger partial charge >= 0.3 is 0 Å². The van der Waals surface area contributed by atoms with Crippen LogP contribution in [0.1, 0.15) is 82.2 Å². The summed E-state index contributed by atoms with van der Waals surface area (Å²) in [5.74, 6) is 1.29. The van der Waals surface area contributed by atoms with Gasteiger partial charge in [0, 0.05) is 8.86 Å². The van der Waals surface area contributed by atoms with Gasteiger partial charge in [-0.25, -0.2) is 0 Å². The zero-order valence-electron chi connectivity index (χ0n) is 36.6. The average molecular weight is 1050 g/mol. The summed E-state index contributed by atoms with van der Waals surface area (Å²) < 4.78 is 18.4. The van der Waals surface area contributed by atoms with Gasteiger partial charge in [-0.1, -0.05) is 131 Å². The van der Waals surface area contributed by atoms with Crippen molar-refractivity contribution in [3.8, 4) is 17.2 Å². The number of ketones is 4. The molecule has 1 fully saturated rings. The van der Waals surface area contributed by atoms with Crippen LogP contribution in [0.5, 0.6) is 17.2 Å². The molecule has 4 aromatic carbocycles. The lowest BCUT2D eigenvalue weighted by molar-refractivity contribution is -0.140. The van der Waals surface area contributed by atoms with Crippen molar-refractivity contribution in [2.45, 2.75) is 66.7 Å². The highest BCUT2D eigenvalue weighted by Crippen LogP contribution is 2.43. The second kappa shape index (κ2) is 26.0. The van der Waals surface area contributed by atoms with E-state index in [0.717, 1.165) is 40.0 Å². The predicted molar refractivity (Wildman–Crippen MR) is 269 cm³/mol. The van der Waals surface area contributed by atoms with E-state index in [1.165, 1.54) is 49.7 Å². The second-order valence-electron chi connectivity index (χ2n) is 14.9. The fourth-order valence-corrected chi connectivity index (χ4v) is 8.38. The van der Waals surface area contributed by atoms with Crippen LogP contribution in [0.15, 0.2) is 97.1 Å². The number of ether oxygens (including phenoxy) is 3. The zero-order valence-corrected chi connectivity index (χ0v) is 40.9. The molecule has 0 spiro atoms. The molecule has 1 saturated carbocycles. The Kier molecular flexibility index (Phi) is 21.6. The topological polar surface area (TPSA) is 96.0 Å². The van der Waals surface area contributed by atoms with Crippen molar-refractivity contribution >= 4 is 92.6 Å². The number of methoxy groups -OCH3 is 3.